The van der Waals surface area contributed by atoms with Crippen LogP contribution in [0.25, 0.3) is 11.2 Å². The smallest absolute Gasteiger partial charge is 0.232 e. The third-order valence-corrected chi connectivity index (χ3v) is 6.54. The van der Waals surface area contributed by atoms with Crippen molar-refractivity contribution in [3.8, 4) is 0 Å². The monoisotopic (exact) mass is 372 g/mol. The fourth-order valence-electron chi connectivity index (χ4n) is 4.27. The van der Waals surface area contributed by atoms with Crippen LogP contribution in [0.5, 0.6) is 0 Å². The Morgan fingerprint density at radius 1 is 1.12 bits per heavy atom. The van der Waals surface area contributed by atoms with Gasteiger partial charge in [0.2, 0.25) is 5.91 Å². The zero-order chi connectivity index (χ0) is 17.8. The number of fused-ring (bicyclic) bond motifs is 1. The summed E-state index contributed by atoms with van der Waals surface area (Å²) in [7, 11) is 0. The lowest BCUT2D eigenvalue weighted by Crippen LogP contribution is -2.36. The molecule has 140 valence electrons. The Bertz CT molecular complexity index is 747. The Morgan fingerprint density at radius 2 is 1.88 bits per heavy atom. The fraction of sp³-hybridized carbons (Fsp3) is 0.650. The minimum atomic E-state index is 0.285. The zero-order valence-corrected chi connectivity index (χ0v) is 16.2. The summed E-state index contributed by atoms with van der Waals surface area (Å²) in [6, 6.07) is 4.52. The standard InChI is InChI=1S/C20H28N4OS/c25-19(23-12-5-2-6-13-23)15-26-14-18-22-17-10-7-11-21-20(17)24(18)16-8-3-1-4-9-16/h7,10-11,16H,1-6,8-9,12-15H2. The summed E-state index contributed by atoms with van der Waals surface area (Å²) in [6.07, 6.45) is 11.8. The van der Waals surface area contributed by atoms with Crippen molar-refractivity contribution in [2.24, 2.45) is 0 Å². The van der Waals surface area contributed by atoms with Crippen LogP contribution in [0.4, 0.5) is 0 Å². The molecule has 1 saturated carbocycles. The number of rotatable bonds is 5. The molecule has 0 N–H and O–H groups in total. The highest BCUT2D eigenvalue weighted by atomic mass is 32.2. The Kier molecular flexibility index (Phi) is 5.78. The Hall–Kier alpha value is -1.56. The van der Waals surface area contributed by atoms with Gasteiger partial charge in [0.1, 0.15) is 11.3 Å². The van der Waals surface area contributed by atoms with Gasteiger partial charge in [0, 0.05) is 25.3 Å². The largest absolute Gasteiger partial charge is 0.342 e. The molecule has 2 aromatic heterocycles. The van der Waals surface area contributed by atoms with Gasteiger partial charge >= 0.3 is 0 Å². The van der Waals surface area contributed by atoms with Crippen LogP contribution in [0.15, 0.2) is 18.3 Å². The van der Waals surface area contributed by atoms with Crippen molar-refractivity contribution in [3.63, 3.8) is 0 Å². The zero-order valence-electron chi connectivity index (χ0n) is 15.4. The van der Waals surface area contributed by atoms with Crippen molar-refractivity contribution >= 4 is 28.8 Å². The average molecular weight is 373 g/mol. The van der Waals surface area contributed by atoms with E-state index in [4.69, 9.17) is 4.98 Å². The first kappa shape index (κ1) is 17.8. The van der Waals surface area contributed by atoms with E-state index in [1.807, 2.05) is 17.2 Å². The molecule has 0 unspecified atom stereocenters. The molecule has 6 heteroatoms. The van der Waals surface area contributed by atoms with Crippen LogP contribution in [0.3, 0.4) is 0 Å². The molecule has 5 nitrogen and oxygen atoms in total. The normalized spacial score (nSPS) is 19.2. The molecule has 1 aliphatic carbocycles. The maximum Gasteiger partial charge on any atom is 0.232 e. The van der Waals surface area contributed by atoms with Gasteiger partial charge in [-0.1, -0.05) is 19.3 Å². The van der Waals surface area contributed by atoms with Crippen LogP contribution in [-0.2, 0) is 10.5 Å². The van der Waals surface area contributed by atoms with Crippen molar-refractivity contribution in [1.29, 1.82) is 0 Å². The third kappa shape index (κ3) is 3.90. The maximum atomic E-state index is 12.4. The van der Waals surface area contributed by atoms with Gasteiger partial charge in [0.25, 0.3) is 0 Å². The van der Waals surface area contributed by atoms with Crippen LogP contribution in [0.2, 0.25) is 0 Å². The maximum absolute atomic E-state index is 12.4. The van der Waals surface area contributed by atoms with Gasteiger partial charge in [-0.2, -0.15) is 0 Å². The SMILES string of the molecule is O=C(CSCc1nc2cccnc2n1C1CCCCC1)N1CCCCC1. The second-order valence-electron chi connectivity index (χ2n) is 7.47. The molecule has 3 heterocycles. The van der Waals surface area contributed by atoms with Gasteiger partial charge in [0.15, 0.2) is 5.65 Å². The number of hydrogen-bond acceptors (Lipinski definition) is 4. The number of aromatic nitrogens is 3. The first-order valence-electron chi connectivity index (χ1n) is 10.0. The molecule has 1 saturated heterocycles. The van der Waals surface area contributed by atoms with Gasteiger partial charge < -0.3 is 9.47 Å². The molecule has 4 rings (SSSR count). The summed E-state index contributed by atoms with van der Waals surface area (Å²) >= 11 is 1.70. The second kappa shape index (κ2) is 8.42. The first-order chi connectivity index (χ1) is 12.8. The predicted molar refractivity (Wildman–Crippen MR) is 106 cm³/mol. The molecule has 1 amide bonds. The number of carbonyl (C=O) groups excluding carboxylic acids is 1. The number of thioether (sulfide) groups is 1. The van der Waals surface area contributed by atoms with Crippen LogP contribution >= 0.6 is 11.8 Å². The van der Waals surface area contributed by atoms with Gasteiger partial charge in [-0.3, -0.25) is 4.79 Å². The third-order valence-electron chi connectivity index (χ3n) is 5.63. The molecule has 1 aliphatic heterocycles. The van der Waals surface area contributed by atoms with E-state index in [9.17, 15) is 4.79 Å². The van der Waals surface area contributed by atoms with Gasteiger partial charge in [-0.15, -0.1) is 11.8 Å². The van der Waals surface area contributed by atoms with Crippen molar-refractivity contribution < 1.29 is 4.79 Å². The molecule has 26 heavy (non-hydrogen) atoms. The lowest BCUT2D eigenvalue weighted by molar-refractivity contribution is -0.129. The summed E-state index contributed by atoms with van der Waals surface area (Å²) in [4.78, 5) is 23.9. The highest BCUT2D eigenvalue weighted by molar-refractivity contribution is 7.99. The molecule has 0 aromatic carbocycles. The predicted octanol–water partition coefficient (Wildman–Crippen LogP) is 4.18. The fourth-order valence-corrected chi connectivity index (χ4v) is 5.11. The molecular formula is C20H28N4OS. The number of amides is 1. The van der Waals surface area contributed by atoms with Crippen LogP contribution in [0.1, 0.15) is 63.2 Å². The molecule has 0 atom stereocenters. The number of piperidine rings is 1. The Balaban J connectivity index is 1.46. The van der Waals surface area contributed by atoms with E-state index in [0.717, 1.165) is 48.7 Å². The number of hydrogen-bond donors (Lipinski definition) is 0. The Morgan fingerprint density at radius 3 is 2.69 bits per heavy atom. The van der Waals surface area contributed by atoms with E-state index >= 15 is 0 Å². The highest BCUT2D eigenvalue weighted by Crippen LogP contribution is 2.32. The number of carbonyl (C=O) groups is 1. The minimum Gasteiger partial charge on any atom is -0.342 e. The van der Waals surface area contributed by atoms with Crippen molar-refractivity contribution in [2.45, 2.75) is 63.2 Å². The van der Waals surface area contributed by atoms with E-state index in [1.54, 1.807) is 11.8 Å². The van der Waals surface area contributed by atoms with E-state index in [-0.39, 0.29) is 5.91 Å². The van der Waals surface area contributed by atoms with Gasteiger partial charge in [0.05, 0.1) is 11.5 Å². The summed E-state index contributed by atoms with van der Waals surface area (Å²) in [5, 5.41) is 0. The first-order valence-corrected chi connectivity index (χ1v) is 11.2. The average Bonchev–Trinajstić information content (AvgIpc) is 3.07. The van der Waals surface area contributed by atoms with E-state index < -0.39 is 0 Å². The van der Waals surface area contributed by atoms with Crippen molar-refractivity contribution in [3.05, 3.63) is 24.2 Å². The number of imidazole rings is 1. The lowest BCUT2D eigenvalue weighted by atomic mass is 9.95. The molecule has 0 bridgehead atoms. The number of likely N-dealkylation sites (tertiary alicyclic amines) is 1. The van der Waals surface area contributed by atoms with E-state index in [0.29, 0.717) is 11.8 Å². The molecular weight excluding hydrogens is 344 g/mol. The van der Waals surface area contributed by atoms with E-state index in [2.05, 4.69) is 15.6 Å². The van der Waals surface area contributed by atoms with Crippen molar-refractivity contribution in [2.75, 3.05) is 18.8 Å². The quantitative estimate of drug-likeness (QED) is 0.790. The van der Waals surface area contributed by atoms with Gasteiger partial charge in [-0.05, 0) is 44.2 Å². The summed E-state index contributed by atoms with van der Waals surface area (Å²) in [5.41, 5.74) is 1.99. The molecule has 2 aromatic rings. The molecule has 0 spiro atoms. The number of pyridine rings is 1. The van der Waals surface area contributed by atoms with Crippen LogP contribution in [-0.4, -0.2) is 44.2 Å². The topological polar surface area (TPSA) is 51.0 Å². The van der Waals surface area contributed by atoms with Crippen molar-refractivity contribution in [1.82, 2.24) is 19.4 Å². The number of nitrogens with zero attached hydrogens (tertiary/aromatic N) is 4. The minimum absolute atomic E-state index is 0.285. The summed E-state index contributed by atoms with van der Waals surface area (Å²) in [5.74, 6) is 2.71. The summed E-state index contributed by atoms with van der Waals surface area (Å²) < 4.78 is 2.37. The second-order valence-corrected chi connectivity index (χ2v) is 8.46. The molecule has 0 radical (unpaired) electrons. The molecule has 2 fully saturated rings. The van der Waals surface area contributed by atoms with Gasteiger partial charge in [-0.25, -0.2) is 9.97 Å². The molecule has 2 aliphatic rings. The lowest BCUT2D eigenvalue weighted by Gasteiger charge is -2.27. The van der Waals surface area contributed by atoms with Crippen LogP contribution < -0.4 is 0 Å². The Labute approximate surface area is 159 Å². The van der Waals surface area contributed by atoms with Crippen LogP contribution in [0, 0.1) is 0 Å². The highest BCUT2D eigenvalue weighted by Gasteiger charge is 2.22. The van der Waals surface area contributed by atoms with E-state index in [1.165, 1.54) is 38.5 Å². The summed E-state index contributed by atoms with van der Waals surface area (Å²) in [6.45, 7) is 1.87.